The fraction of sp³-hybridized carbons (Fsp3) is 0.444. The van der Waals surface area contributed by atoms with Gasteiger partial charge in [-0.1, -0.05) is 37.3 Å². The topological polar surface area (TPSA) is 129 Å². The van der Waals surface area contributed by atoms with Crippen LogP contribution >= 0.6 is 0 Å². The molecule has 0 aliphatic rings. The van der Waals surface area contributed by atoms with Crippen molar-refractivity contribution in [3.05, 3.63) is 35.9 Å². The number of guanidine groups is 1. The molecular weight excluding hydrogens is 354 g/mol. The number of nitrogens with zero attached hydrogens (tertiary/aromatic N) is 1. The number of aliphatic carboxylic acids is 1. The monoisotopic (exact) mass is 379 g/mol. The Labute approximate surface area is 157 Å². The van der Waals surface area contributed by atoms with Gasteiger partial charge < -0.3 is 19.5 Å². The zero-order chi connectivity index (χ0) is 20.4. The van der Waals surface area contributed by atoms with Crippen LogP contribution in [0.15, 0.2) is 30.3 Å². The molecule has 0 saturated heterocycles. The number of carboxylic acid groups (broad SMARTS) is 1. The third kappa shape index (κ3) is 8.21. The minimum absolute atomic E-state index is 0.0179. The van der Waals surface area contributed by atoms with Crippen molar-refractivity contribution in [1.29, 1.82) is 5.41 Å². The van der Waals surface area contributed by atoms with Crippen molar-refractivity contribution in [2.24, 2.45) is 5.92 Å². The van der Waals surface area contributed by atoms with E-state index in [2.05, 4.69) is 5.32 Å². The summed E-state index contributed by atoms with van der Waals surface area (Å²) in [5.41, 5.74) is 0.851. The number of carboxylic acids is 1. The summed E-state index contributed by atoms with van der Waals surface area (Å²) in [6.45, 7) is 3.20. The van der Waals surface area contributed by atoms with Crippen molar-refractivity contribution in [3.8, 4) is 0 Å². The highest BCUT2D eigenvalue weighted by Crippen LogP contribution is 2.03. The summed E-state index contributed by atoms with van der Waals surface area (Å²) in [6, 6.07) is 8.22. The number of likely N-dealkylation sites (N-methyl/N-ethyl adjacent to an activating group) is 1. The first kappa shape index (κ1) is 21.9. The van der Waals surface area contributed by atoms with E-state index in [1.54, 1.807) is 6.92 Å². The quantitative estimate of drug-likeness (QED) is 0.354. The number of alkyl carbamates (subject to hydrolysis) is 1. The molecule has 0 saturated carbocycles. The molecule has 2 unspecified atom stereocenters. The zero-order valence-corrected chi connectivity index (χ0v) is 15.6. The van der Waals surface area contributed by atoms with E-state index in [1.165, 1.54) is 14.0 Å². The van der Waals surface area contributed by atoms with Crippen LogP contribution in [0, 0.1) is 11.3 Å². The predicted octanol–water partition coefficient (Wildman–Crippen LogP) is 1.47. The molecule has 1 amide bonds. The number of hydrogen-bond donors (Lipinski definition) is 3. The summed E-state index contributed by atoms with van der Waals surface area (Å²) in [7, 11) is 1.37. The van der Waals surface area contributed by atoms with E-state index < -0.39 is 24.1 Å². The van der Waals surface area contributed by atoms with Gasteiger partial charge in [-0.3, -0.25) is 15.5 Å². The molecule has 3 N–H and O–H groups in total. The standard InChI is InChI=1S/C18H25N3O6/c1-12(10-26-15(22)9-14-7-5-4-6-8-14)11-27-18(25)20-17(19)21(3)13(2)16(23)24/h4-8,12-13H,9-11H2,1-3H3,(H,23,24)(H2,19,20,25). The number of ether oxygens (including phenoxy) is 2. The van der Waals surface area contributed by atoms with Crippen LogP contribution < -0.4 is 5.32 Å². The third-order valence-electron chi connectivity index (χ3n) is 3.73. The van der Waals surface area contributed by atoms with E-state index in [9.17, 15) is 14.4 Å². The van der Waals surface area contributed by atoms with Gasteiger partial charge >= 0.3 is 18.0 Å². The average molecular weight is 379 g/mol. The fourth-order valence-electron chi connectivity index (χ4n) is 1.90. The lowest BCUT2D eigenvalue weighted by Gasteiger charge is -2.23. The molecule has 2 atom stereocenters. The van der Waals surface area contributed by atoms with Gasteiger partial charge in [0.05, 0.1) is 19.6 Å². The number of benzene rings is 1. The van der Waals surface area contributed by atoms with E-state index in [-0.39, 0.29) is 31.5 Å². The van der Waals surface area contributed by atoms with Gasteiger partial charge in [0, 0.05) is 13.0 Å². The van der Waals surface area contributed by atoms with Crippen molar-refractivity contribution in [2.45, 2.75) is 26.3 Å². The van der Waals surface area contributed by atoms with Gasteiger partial charge in [-0.05, 0) is 12.5 Å². The van der Waals surface area contributed by atoms with Crippen LogP contribution in [0.2, 0.25) is 0 Å². The molecule has 9 nitrogen and oxygen atoms in total. The van der Waals surface area contributed by atoms with Crippen LogP contribution in [-0.2, 0) is 25.5 Å². The SMILES string of the molecule is CC(COC(=O)Cc1ccccc1)COC(=O)NC(=N)N(C)C(C)C(=O)O. The minimum Gasteiger partial charge on any atom is -0.480 e. The maximum absolute atomic E-state index is 11.8. The first-order valence-electron chi connectivity index (χ1n) is 8.38. The van der Waals surface area contributed by atoms with Crippen molar-refractivity contribution >= 4 is 24.0 Å². The molecule has 0 bridgehead atoms. The number of amides is 1. The van der Waals surface area contributed by atoms with Gasteiger partial charge in [0.2, 0.25) is 5.96 Å². The van der Waals surface area contributed by atoms with Crippen molar-refractivity contribution < 1.29 is 29.0 Å². The summed E-state index contributed by atoms with van der Waals surface area (Å²) >= 11 is 0. The Morgan fingerprint density at radius 1 is 1.15 bits per heavy atom. The lowest BCUT2D eigenvalue weighted by Crippen LogP contribution is -2.48. The maximum atomic E-state index is 11.8. The summed E-state index contributed by atoms with van der Waals surface area (Å²) < 4.78 is 10.1. The summed E-state index contributed by atoms with van der Waals surface area (Å²) in [6.07, 6.45) is -0.716. The molecule has 1 rings (SSSR count). The van der Waals surface area contributed by atoms with Crippen LogP contribution in [-0.4, -0.2) is 60.3 Å². The molecule has 0 aromatic heterocycles. The van der Waals surface area contributed by atoms with Gasteiger partial charge in [0.1, 0.15) is 6.04 Å². The summed E-state index contributed by atoms with van der Waals surface area (Å²) in [4.78, 5) is 35.4. The Bertz CT molecular complexity index is 664. The second-order valence-electron chi connectivity index (χ2n) is 6.15. The van der Waals surface area contributed by atoms with Crippen LogP contribution in [0.1, 0.15) is 19.4 Å². The highest BCUT2D eigenvalue weighted by Gasteiger charge is 2.21. The number of rotatable bonds is 8. The molecule has 27 heavy (non-hydrogen) atoms. The number of nitrogens with one attached hydrogen (secondary N) is 2. The molecular formula is C18H25N3O6. The van der Waals surface area contributed by atoms with Gasteiger partial charge in [-0.2, -0.15) is 0 Å². The van der Waals surface area contributed by atoms with E-state index in [0.717, 1.165) is 10.5 Å². The fourth-order valence-corrected chi connectivity index (χ4v) is 1.90. The number of esters is 1. The van der Waals surface area contributed by atoms with Gasteiger partial charge in [-0.25, -0.2) is 9.59 Å². The smallest absolute Gasteiger partial charge is 0.413 e. The van der Waals surface area contributed by atoms with Crippen LogP contribution in [0.5, 0.6) is 0 Å². The third-order valence-corrected chi connectivity index (χ3v) is 3.73. The molecule has 0 aliphatic carbocycles. The van der Waals surface area contributed by atoms with E-state index in [1.807, 2.05) is 30.3 Å². The van der Waals surface area contributed by atoms with E-state index >= 15 is 0 Å². The molecule has 0 spiro atoms. The Morgan fingerprint density at radius 2 is 1.74 bits per heavy atom. The Balaban J connectivity index is 2.28. The number of carbonyl (C=O) groups is 3. The molecule has 0 aliphatic heterocycles. The molecule has 148 valence electrons. The Morgan fingerprint density at radius 3 is 2.33 bits per heavy atom. The molecule has 1 aromatic carbocycles. The molecule has 0 heterocycles. The van der Waals surface area contributed by atoms with Crippen LogP contribution in [0.25, 0.3) is 0 Å². The summed E-state index contributed by atoms with van der Waals surface area (Å²) in [5, 5.41) is 18.7. The Kier molecular flexibility index (Phi) is 8.77. The highest BCUT2D eigenvalue weighted by molar-refractivity contribution is 5.93. The second kappa shape index (κ2) is 10.8. The Hall–Kier alpha value is -3.10. The molecule has 9 heteroatoms. The predicted molar refractivity (Wildman–Crippen MR) is 97.3 cm³/mol. The average Bonchev–Trinajstić information content (AvgIpc) is 2.64. The van der Waals surface area contributed by atoms with E-state index in [4.69, 9.17) is 20.0 Å². The minimum atomic E-state index is -1.12. The van der Waals surface area contributed by atoms with Crippen molar-refractivity contribution in [1.82, 2.24) is 10.2 Å². The first-order valence-corrected chi connectivity index (χ1v) is 8.38. The maximum Gasteiger partial charge on any atom is 0.413 e. The molecule has 0 fully saturated rings. The highest BCUT2D eigenvalue weighted by atomic mass is 16.6. The lowest BCUT2D eigenvalue weighted by atomic mass is 10.1. The lowest BCUT2D eigenvalue weighted by molar-refractivity contribution is -0.144. The van der Waals surface area contributed by atoms with Gasteiger partial charge in [0.15, 0.2) is 0 Å². The molecule has 0 radical (unpaired) electrons. The zero-order valence-electron chi connectivity index (χ0n) is 15.6. The number of carbonyl (C=O) groups excluding carboxylic acids is 2. The van der Waals surface area contributed by atoms with Crippen molar-refractivity contribution in [3.63, 3.8) is 0 Å². The van der Waals surface area contributed by atoms with E-state index in [0.29, 0.717) is 0 Å². The van der Waals surface area contributed by atoms with Gasteiger partial charge in [0.25, 0.3) is 0 Å². The van der Waals surface area contributed by atoms with Crippen LogP contribution in [0.3, 0.4) is 0 Å². The first-order chi connectivity index (χ1) is 12.7. The normalized spacial score (nSPS) is 12.4. The second-order valence-corrected chi connectivity index (χ2v) is 6.15. The van der Waals surface area contributed by atoms with Crippen molar-refractivity contribution in [2.75, 3.05) is 20.3 Å². The van der Waals surface area contributed by atoms with Gasteiger partial charge in [-0.15, -0.1) is 0 Å². The van der Waals surface area contributed by atoms with Crippen LogP contribution in [0.4, 0.5) is 4.79 Å². The summed E-state index contributed by atoms with van der Waals surface area (Å²) in [5.74, 6) is -2.12. The molecule has 1 aromatic rings. The number of hydrogen-bond acceptors (Lipinski definition) is 6. The largest absolute Gasteiger partial charge is 0.480 e.